The molecular formula is C20H27F5N4O3. The Balaban J connectivity index is 2.28. The molecule has 1 aromatic rings. The van der Waals surface area contributed by atoms with E-state index in [9.17, 15) is 31.5 Å². The van der Waals surface area contributed by atoms with Gasteiger partial charge in [-0.25, -0.2) is 8.78 Å². The molecule has 0 radical (unpaired) electrons. The normalized spacial score (nSPS) is 16.2. The molecular weight excluding hydrogens is 439 g/mol. The zero-order chi connectivity index (χ0) is 24.1. The molecule has 12 heteroatoms. The monoisotopic (exact) mass is 466 g/mol. The van der Waals surface area contributed by atoms with Gasteiger partial charge in [0.05, 0.1) is 13.2 Å². The van der Waals surface area contributed by atoms with Gasteiger partial charge >= 0.3 is 6.18 Å². The molecule has 2 rings (SSSR count). The quantitative estimate of drug-likeness (QED) is 0.547. The molecule has 1 aliphatic rings. The van der Waals surface area contributed by atoms with Crippen LogP contribution in [0.25, 0.3) is 0 Å². The molecule has 1 saturated heterocycles. The maximum Gasteiger partial charge on any atom is 0.401 e. The number of anilines is 2. The number of nitrogens with two attached hydrogens (primary N) is 1. The number of nitrogens with zero attached hydrogens (tertiary/aromatic N) is 2. The fourth-order valence-corrected chi connectivity index (χ4v) is 3.44. The first-order chi connectivity index (χ1) is 14.9. The van der Waals surface area contributed by atoms with E-state index in [1.54, 1.807) is 13.8 Å². The van der Waals surface area contributed by atoms with E-state index < -0.39 is 49.1 Å². The minimum absolute atomic E-state index is 0.0609. The van der Waals surface area contributed by atoms with Crippen molar-refractivity contribution in [3.8, 4) is 0 Å². The van der Waals surface area contributed by atoms with Gasteiger partial charge in [-0.15, -0.1) is 0 Å². The SMILES string of the molecule is CC(C)CN(CC(F)(F)F)[C@@H](CN)C(=O)Nc1ccc(N2CCOCC2=O)cc1C(F)F. The molecule has 7 nitrogen and oxygen atoms in total. The van der Waals surface area contributed by atoms with Crippen LogP contribution in [0.5, 0.6) is 0 Å². The summed E-state index contributed by atoms with van der Waals surface area (Å²) in [5, 5.41) is 2.29. The van der Waals surface area contributed by atoms with Crippen LogP contribution in [-0.2, 0) is 14.3 Å². The van der Waals surface area contributed by atoms with Crippen molar-refractivity contribution in [3.63, 3.8) is 0 Å². The molecule has 180 valence electrons. The Labute approximate surface area is 182 Å². The van der Waals surface area contributed by atoms with E-state index in [1.165, 1.54) is 17.0 Å². The second-order valence-corrected chi connectivity index (χ2v) is 7.85. The Hall–Kier alpha value is -2.31. The fourth-order valence-electron chi connectivity index (χ4n) is 3.44. The minimum Gasteiger partial charge on any atom is -0.370 e. The average Bonchev–Trinajstić information content (AvgIpc) is 2.67. The van der Waals surface area contributed by atoms with Crippen LogP contribution >= 0.6 is 0 Å². The third kappa shape index (κ3) is 7.10. The summed E-state index contributed by atoms with van der Waals surface area (Å²) in [6, 6.07) is 2.28. The maximum atomic E-state index is 13.7. The van der Waals surface area contributed by atoms with Gasteiger partial charge in [-0.2, -0.15) is 13.2 Å². The van der Waals surface area contributed by atoms with E-state index in [0.29, 0.717) is 0 Å². The van der Waals surface area contributed by atoms with Gasteiger partial charge in [0.25, 0.3) is 12.3 Å². The largest absolute Gasteiger partial charge is 0.401 e. The van der Waals surface area contributed by atoms with Crippen LogP contribution < -0.4 is 16.0 Å². The molecule has 0 aliphatic carbocycles. The molecule has 0 aromatic heterocycles. The number of amides is 2. The summed E-state index contributed by atoms with van der Waals surface area (Å²) in [6.45, 7) is 1.78. The molecule has 1 aliphatic heterocycles. The molecule has 1 fully saturated rings. The maximum absolute atomic E-state index is 13.7. The fraction of sp³-hybridized carbons (Fsp3) is 0.600. The van der Waals surface area contributed by atoms with Crippen molar-refractivity contribution in [3.05, 3.63) is 23.8 Å². The van der Waals surface area contributed by atoms with Crippen LogP contribution in [0.2, 0.25) is 0 Å². The van der Waals surface area contributed by atoms with Gasteiger partial charge < -0.3 is 20.7 Å². The molecule has 0 bridgehead atoms. The standard InChI is InChI=1S/C20H27F5N4O3/c1-12(2)9-28(11-20(23,24)25)16(8-26)19(31)27-15-4-3-13(7-14(15)18(21)22)29-5-6-32-10-17(29)30/h3-4,7,12,16,18H,5-6,8-11,26H2,1-2H3,(H,27,31)/t16-/m0/s1. The van der Waals surface area contributed by atoms with Crippen molar-refractivity contribution in [2.24, 2.45) is 11.7 Å². The summed E-state index contributed by atoms with van der Waals surface area (Å²) < 4.78 is 71.4. The lowest BCUT2D eigenvalue weighted by molar-refractivity contribution is -0.154. The number of benzene rings is 1. The van der Waals surface area contributed by atoms with Crippen molar-refractivity contribution >= 4 is 23.2 Å². The molecule has 0 spiro atoms. The van der Waals surface area contributed by atoms with Crippen LogP contribution in [-0.4, -0.2) is 68.3 Å². The van der Waals surface area contributed by atoms with Gasteiger partial charge in [0.1, 0.15) is 12.6 Å². The number of carbonyl (C=O) groups is 2. The summed E-state index contributed by atoms with van der Waals surface area (Å²) in [6.07, 6.45) is -7.57. The molecule has 1 aromatic carbocycles. The van der Waals surface area contributed by atoms with E-state index in [-0.39, 0.29) is 43.6 Å². The van der Waals surface area contributed by atoms with Gasteiger partial charge in [0.2, 0.25) is 5.91 Å². The first-order valence-electron chi connectivity index (χ1n) is 10.0. The summed E-state index contributed by atoms with van der Waals surface area (Å²) in [7, 11) is 0. The van der Waals surface area contributed by atoms with Gasteiger partial charge in [0.15, 0.2) is 0 Å². The first-order valence-corrected chi connectivity index (χ1v) is 10.0. The highest BCUT2D eigenvalue weighted by atomic mass is 19.4. The highest BCUT2D eigenvalue weighted by Crippen LogP contribution is 2.32. The van der Waals surface area contributed by atoms with E-state index in [2.05, 4.69) is 5.32 Å². The molecule has 1 atom stereocenters. The summed E-state index contributed by atoms with van der Waals surface area (Å²) in [5.41, 5.74) is 4.97. The van der Waals surface area contributed by atoms with Crippen molar-refractivity contribution in [1.82, 2.24) is 4.90 Å². The first kappa shape index (κ1) is 25.9. The number of hydrogen-bond donors (Lipinski definition) is 2. The van der Waals surface area contributed by atoms with Crippen LogP contribution in [0.3, 0.4) is 0 Å². The van der Waals surface area contributed by atoms with E-state index >= 15 is 0 Å². The van der Waals surface area contributed by atoms with Gasteiger partial charge in [-0.1, -0.05) is 13.8 Å². The summed E-state index contributed by atoms with van der Waals surface area (Å²) in [5.74, 6) is -1.51. The molecule has 0 saturated carbocycles. The second-order valence-electron chi connectivity index (χ2n) is 7.85. The molecule has 1 heterocycles. The van der Waals surface area contributed by atoms with Gasteiger partial charge in [-0.05, 0) is 24.1 Å². The Morgan fingerprint density at radius 1 is 1.31 bits per heavy atom. The highest BCUT2D eigenvalue weighted by Gasteiger charge is 2.36. The number of hydrogen-bond acceptors (Lipinski definition) is 5. The van der Waals surface area contributed by atoms with Crippen molar-refractivity contribution in [2.45, 2.75) is 32.5 Å². The number of alkyl halides is 5. The number of carbonyl (C=O) groups excluding carboxylic acids is 2. The molecule has 32 heavy (non-hydrogen) atoms. The number of halogens is 5. The summed E-state index contributed by atoms with van der Waals surface area (Å²) in [4.78, 5) is 26.9. The average molecular weight is 466 g/mol. The van der Waals surface area contributed by atoms with Crippen molar-refractivity contribution < 1.29 is 36.3 Å². The van der Waals surface area contributed by atoms with E-state index in [1.807, 2.05) is 0 Å². The number of morpholine rings is 1. The second kappa shape index (κ2) is 11.0. The lowest BCUT2D eigenvalue weighted by Gasteiger charge is -2.32. The van der Waals surface area contributed by atoms with Crippen molar-refractivity contribution in [2.75, 3.05) is 49.6 Å². The zero-order valence-electron chi connectivity index (χ0n) is 17.8. The van der Waals surface area contributed by atoms with E-state index in [4.69, 9.17) is 10.5 Å². The highest BCUT2D eigenvalue weighted by molar-refractivity contribution is 5.97. The topological polar surface area (TPSA) is 87.9 Å². The zero-order valence-corrected chi connectivity index (χ0v) is 17.8. The van der Waals surface area contributed by atoms with Crippen molar-refractivity contribution in [1.29, 1.82) is 0 Å². The Kier molecular flexibility index (Phi) is 8.93. The predicted molar refractivity (Wildman–Crippen MR) is 109 cm³/mol. The molecule has 3 N–H and O–H groups in total. The third-order valence-electron chi connectivity index (χ3n) is 4.77. The van der Waals surface area contributed by atoms with Crippen LogP contribution in [0.15, 0.2) is 18.2 Å². The molecule has 2 amide bonds. The number of rotatable bonds is 9. The lowest BCUT2D eigenvalue weighted by atomic mass is 10.1. The predicted octanol–water partition coefficient (Wildman–Crippen LogP) is 2.77. The van der Waals surface area contributed by atoms with Gasteiger partial charge in [-0.3, -0.25) is 14.5 Å². The molecule has 0 unspecified atom stereocenters. The Bertz CT molecular complexity index is 804. The van der Waals surface area contributed by atoms with E-state index in [0.717, 1.165) is 11.0 Å². The lowest BCUT2D eigenvalue weighted by Crippen LogP contribution is -2.52. The summed E-state index contributed by atoms with van der Waals surface area (Å²) >= 11 is 0. The Morgan fingerprint density at radius 2 is 2.00 bits per heavy atom. The number of ether oxygens (including phenoxy) is 1. The van der Waals surface area contributed by atoms with Gasteiger partial charge in [0, 0.05) is 36.6 Å². The Morgan fingerprint density at radius 3 is 2.53 bits per heavy atom. The van der Waals surface area contributed by atoms with Crippen LogP contribution in [0, 0.1) is 5.92 Å². The minimum atomic E-state index is -4.57. The van der Waals surface area contributed by atoms with Crippen LogP contribution in [0.4, 0.5) is 33.3 Å². The smallest absolute Gasteiger partial charge is 0.370 e. The number of nitrogens with one attached hydrogen (secondary N) is 1. The van der Waals surface area contributed by atoms with Crippen LogP contribution in [0.1, 0.15) is 25.8 Å². The third-order valence-corrected chi connectivity index (χ3v) is 4.77.